The van der Waals surface area contributed by atoms with E-state index in [9.17, 15) is 0 Å². The van der Waals surface area contributed by atoms with Crippen molar-refractivity contribution in [3.05, 3.63) is 100 Å². The lowest BCUT2D eigenvalue weighted by Crippen LogP contribution is -2.13. The zero-order chi connectivity index (χ0) is 18.6. The Bertz CT molecular complexity index is 1030. The Kier molecular flexibility index (Phi) is 5.23. The van der Waals surface area contributed by atoms with Crippen molar-refractivity contribution >= 4 is 22.6 Å². The number of benzene rings is 3. The zero-order valence-corrected chi connectivity index (χ0v) is 15.8. The van der Waals surface area contributed by atoms with E-state index in [2.05, 4.69) is 47.4 Å². The van der Waals surface area contributed by atoms with E-state index >= 15 is 0 Å². The molecule has 1 heterocycles. The average molecular weight is 376 g/mol. The van der Waals surface area contributed by atoms with Crippen molar-refractivity contribution in [3.63, 3.8) is 0 Å². The first-order valence-electron chi connectivity index (χ1n) is 9.20. The van der Waals surface area contributed by atoms with Gasteiger partial charge in [0.15, 0.2) is 0 Å². The fourth-order valence-corrected chi connectivity index (χ4v) is 3.55. The van der Waals surface area contributed by atoms with Crippen molar-refractivity contribution in [2.24, 2.45) is 5.73 Å². The van der Waals surface area contributed by atoms with Crippen molar-refractivity contribution in [2.75, 3.05) is 0 Å². The summed E-state index contributed by atoms with van der Waals surface area (Å²) in [4.78, 5) is 8.07. The number of halogens is 1. The molecular formula is C23H22ClN3. The molecule has 0 fully saturated rings. The number of aryl methyl sites for hydroxylation is 1. The third-order valence-electron chi connectivity index (χ3n) is 4.84. The Labute approximate surface area is 164 Å². The monoisotopic (exact) mass is 375 g/mol. The highest BCUT2D eigenvalue weighted by molar-refractivity contribution is 6.32. The number of H-pyrrole nitrogens is 1. The Balaban J connectivity index is 1.53. The molecule has 0 spiro atoms. The minimum atomic E-state index is -0.131. The van der Waals surface area contributed by atoms with Crippen molar-refractivity contribution in [2.45, 2.75) is 25.3 Å². The first-order valence-corrected chi connectivity index (χ1v) is 9.58. The molecule has 0 unspecified atom stereocenters. The lowest BCUT2D eigenvalue weighted by molar-refractivity contribution is 0.621. The molecule has 0 aliphatic carbocycles. The molecule has 1 aromatic heterocycles. The van der Waals surface area contributed by atoms with E-state index in [-0.39, 0.29) is 6.04 Å². The van der Waals surface area contributed by atoms with Crippen LogP contribution in [0.1, 0.15) is 35.0 Å². The number of fused-ring (bicyclic) bond motifs is 1. The number of imidazole rings is 1. The van der Waals surface area contributed by atoms with E-state index in [1.165, 1.54) is 11.1 Å². The van der Waals surface area contributed by atoms with Crippen LogP contribution in [0.3, 0.4) is 0 Å². The first-order chi connectivity index (χ1) is 13.2. The van der Waals surface area contributed by atoms with Gasteiger partial charge in [0.2, 0.25) is 0 Å². The summed E-state index contributed by atoms with van der Waals surface area (Å²) in [5, 5.41) is 0.749. The van der Waals surface area contributed by atoms with Gasteiger partial charge >= 0.3 is 0 Å². The van der Waals surface area contributed by atoms with Crippen LogP contribution >= 0.6 is 11.6 Å². The standard InChI is InChI=1S/C23H22ClN3/c24-19-15-22-21(14-18(19)13-17-9-5-2-6-10-17)26-23(27-22)20(25)12-11-16-7-3-1-4-8-16/h1-10,14-15,20H,11-13,25H2,(H,26,27)/t20-/m1/s1. The fraction of sp³-hybridized carbons (Fsp3) is 0.174. The molecule has 3 aromatic carbocycles. The molecule has 27 heavy (non-hydrogen) atoms. The quantitative estimate of drug-likeness (QED) is 0.471. The van der Waals surface area contributed by atoms with Gasteiger partial charge in [-0.3, -0.25) is 0 Å². The molecular weight excluding hydrogens is 354 g/mol. The van der Waals surface area contributed by atoms with E-state index in [1.807, 2.05) is 30.3 Å². The average Bonchev–Trinajstić information content (AvgIpc) is 3.11. The largest absolute Gasteiger partial charge is 0.341 e. The molecule has 0 aliphatic heterocycles. The summed E-state index contributed by atoms with van der Waals surface area (Å²) < 4.78 is 0. The van der Waals surface area contributed by atoms with E-state index < -0.39 is 0 Å². The maximum Gasteiger partial charge on any atom is 0.124 e. The Morgan fingerprint density at radius 1 is 0.926 bits per heavy atom. The molecule has 136 valence electrons. The molecule has 4 rings (SSSR count). The van der Waals surface area contributed by atoms with Crippen LogP contribution in [-0.4, -0.2) is 9.97 Å². The Hall–Kier alpha value is -2.62. The third kappa shape index (κ3) is 4.21. The minimum Gasteiger partial charge on any atom is -0.341 e. The van der Waals surface area contributed by atoms with Crippen molar-refractivity contribution < 1.29 is 0 Å². The Morgan fingerprint density at radius 2 is 1.59 bits per heavy atom. The molecule has 4 aromatic rings. The number of hydrogen-bond donors (Lipinski definition) is 2. The lowest BCUT2D eigenvalue weighted by atomic mass is 10.0. The van der Waals surface area contributed by atoms with Crippen LogP contribution in [-0.2, 0) is 12.8 Å². The van der Waals surface area contributed by atoms with Gasteiger partial charge in [0.05, 0.1) is 17.1 Å². The summed E-state index contributed by atoms with van der Waals surface area (Å²) in [5.74, 6) is 0.814. The first kappa shape index (κ1) is 17.8. The van der Waals surface area contributed by atoms with Crippen LogP contribution < -0.4 is 5.73 Å². The van der Waals surface area contributed by atoms with Crippen molar-refractivity contribution in [3.8, 4) is 0 Å². The van der Waals surface area contributed by atoms with Crippen LogP contribution in [0.15, 0.2) is 72.8 Å². The van der Waals surface area contributed by atoms with Gasteiger partial charge in [-0.1, -0.05) is 72.3 Å². The molecule has 0 amide bonds. The third-order valence-corrected chi connectivity index (χ3v) is 5.20. The van der Waals surface area contributed by atoms with E-state index in [1.54, 1.807) is 0 Å². The molecule has 3 N–H and O–H groups in total. The summed E-state index contributed by atoms with van der Waals surface area (Å²) in [6.07, 6.45) is 2.56. The predicted octanol–water partition coefficient (Wildman–Crippen LogP) is 5.44. The number of hydrogen-bond acceptors (Lipinski definition) is 2. The van der Waals surface area contributed by atoms with Gasteiger partial charge in [0.25, 0.3) is 0 Å². The van der Waals surface area contributed by atoms with E-state index in [0.717, 1.165) is 46.7 Å². The summed E-state index contributed by atoms with van der Waals surface area (Å²) in [6, 6.07) is 24.6. The summed E-state index contributed by atoms with van der Waals surface area (Å²) in [7, 11) is 0. The number of rotatable bonds is 6. The van der Waals surface area contributed by atoms with Crippen LogP contribution in [0.2, 0.25) is 5.02 Å². The minimum absolute atomic E-state index is 0.131. The van der Waals surface area contributed by atoms with E-state index in [4.69, 9.17) is 22.3 Å². The highest BCUT2D eigenvalue weighted by atomic mass is 35.5. The van der Waals surface area contributed by atoms with Crippen LogP contribution in [0.4, 0.5) is 0 Å². The number of aromatic nitrogens is 2. The highest BCUT2D eigenvalue weighted by Crippen LogP contribution is 2.26. The van der Waals surface area contributed by atoms with Gasteiger partial charge in [0.1, 0.15) is 5.82 Å². The second-order valence-corrected chi connectivity index (χ2v) is 7.28. The Morgan fingerprint density at radius 3 is 2.30 bits per heavy atom. The summed E-state index contributed by atoms with van der Waals surface area (Å²) in [5.41, 5.74) is 11.8. The molecule has 3 nitrogen and oxygen atoms in total. The molecule has 4 heteroatoms. The number of nitrogens with two attached hydrogens (primary N) is 1. The van der Waals surface area contributed by atoms with Crippen molar-refractivity contribution in [1.29, 1.82) is 0 Å². The summed E-state index contributed by atoms with van der Waals surface area (Å²) >= 11 is 6.50. The number of nitrogens with one attached hydrogen (secondary N) is 1. The summed E-state index contributed by atoms with van der Waals surface area (Å²) in [6.45, 7) is 0. The smallest absolute Gasteiger partial charge is 0.124 e. The van der Waals surface area contributed by atoms with Crippen LogP contribution in [0.5, 0.6) is 0 Å². The predicted molar refractivity (Wildman–Crippen MR) is 112 cm³/mol. The van der Waals surface area contributed by atoms with Gasteiger partial charge in [0, 0.05) is 5.02 Å². The second-order valence-electron chi connectivity index (χ2n) is 6.88. The van der Waals surface area contributed by atoms with Gasteiger partial charge in [-0.2, -0.15) is 0 Å². The second kappa shape index (κ2) is 7.95. The van der Waals surface area contributed by atoms with Crippen LogP contribution in [0, 0.1) is 0 Å². The number of aromatic amines is 1. The topological polar surface area (TPSA) is 54.7 Å². The van der Waals surface area contributed by atoms with Gasteiger partial charge < -0.3 is 10.7 Å². The maximum absolute atomic E-state index is 6.50. The van der Waals surface area contributed by atoms with Crippen LogP contribution in [0.25, 0.3) is 11.0 Å². The fourth-order valence-electron chi connectivity index (χ4n) is 3.32. The molecule has 0 radical (unpaired) electrons. The van der Waals surface area contributed by atoms with Crippen molar-refractivity contribution in [1.82, 2.24) is 9.97 Å². The van der Waals surface area contributed by atoms with Gasteiger partial charge in [-0.25, -0.2) is 4.98 Å². The normalized spacial score (nSPS) is 12.4. The molecule has 0 saturated heterocycles. The zero-order valence-electron chi connectivity index (χ0n) is 15.0. The molecule has 0 aliphatic rings. The van der Waals surface area contributed by atoms with Gasteiger partial charge in [-0.15, -0.1) is 0 Å². The lowest BCUT2D eigenvalue weighted by Gasteiger charge is -2.08. The van der Waals surface area contributed by atoms with E-state index in [0.29, 0.717) is 0 Å². The molecule has 0 bridgehead atoms. The SMILES string of the molecule is N[C@H](CCc1ccccc1)c1nc2cc(Cc3ccccc3)c(Cl)cc2[nH]1. The molecule has 1 atom stereocenters. The highest BCUT2D eigenvalue weighted by Gasteiger charge is 2.13. The van der Waals surface area contributed by atoms with Gasteiger partial charge in [-0.05, 0) is 48.1 Å². The molecule has 0 saturated carbocycles. The number of nitrogens with zero attached hydrogens (tertiary/aromatic N) is 1. The maximum atomic E-state index is 6.50.